The van der Waals surface area contributed by atoms with Crippen LogP contribution in [0, 0.1) is 11.8 Å². The summed E-state index contributed by atoms with van der Waals surface area (Å²) < 4.78 is 27.1. The Balaban J connectivity index is 0.00000312. The first-order valence-electron chi connectivity index (χ1n) is 8.43. The van der Waals surface area contributed by atoms with Crippen LogP contribution in [0.4, 0.5) is 0 Å². The summed E-state index contributed by atoms with van der Waals surface area (Å²) in [6, 6.07) is 6.14. The summed E-state index contributed by atoms with van der Waals surface area (Å²) in [5.41, 5.74) is 5.84. The van der Waals surface area contributed by atoms with Gasteiger partial charge in [-0.1, -0.05) is 13.8 Å². The van der Waals surface area contributed by atoms with Gasteiger partial charge in [-0.2, -0.15) is 4.31 Å². The fraction of sp³-hybridized carbons (Fsp3) is 0.588. The summed E-state index contributed by atoms with van der Waals surface area (Å²) in [4.78, 5) is 12.2. The zero-order chi connectivity index (χ0) is 17.7. The highest BCUT2D eigenvalue weighted by Gasteiger charge is 2.31. The third-order valence-corrected chi connectivity index (χ3v) is 6.10. The van der Waals surface area contributed by atoms with Crippen molar-refractivity contribution in [2.45, 2.75) is 31.6 Å². The normalized spacial score (nSPS) is 21.4. The first-order valence-corrected chi connectivity index (χ1v) is 9.87. The van der Waals surface area contributed by atoms with Gasteiger partial charge in [0.15, 0.2) is 0 Å². The third kappa shape index (κ3) is 5.67. The smallest absolute Gasteiger partial charge is 0.251 e. The first kappa shape index (κ1) is 21.9. The number of carbonyl (C=O) groups excluding carboxylic acids is 1. The van der Waals surface area contributed by atoms with Crippen molar-refractivity contribution in [3.63, 3.8) is 0 Å². The topological polar surface area (TPSA) is 92.5 Å². The van der Waals surface area contributed by atoms with Crippen LogP contribution in [0.25, 0.3) is 0 Å². The summed E-state index contributed by atoms with van der Waals surface area (Å²) in [6.07, 6.45) is 1.76. The van der Waals surface area contributed by atoms with Crippen molar-refractivity contribution in [3.05, 3.63) is 29.8 Å². The van der Waals surface area contributed by atoms with Crippen molar-refractivity contribution in [1.82, 2.24) is 9.62 Å². The van der Waals surface area contributed by atoms with E-state index in [0.717, 1.165) is 6.42 Å². The first-order chi connectivity index (χ1) is 11.3. The molecule has 0 spiro atoms. The maximum absolute atomic E-state index is 12.8. The Labute approximate surface area is 156 Å². The summed E-state index contributed by atoms with van der Waals surface area (Å²) in [6.45, 7) is 6.28. The van der Waals surface area contributed by atoms with Crippen molar-refractivity contribution in [1.29, 1.82) is 0 Å². The molecule has 1 heterocycles. The molecule has 0 bridgehead atoms. The van der Waals surface area contributed by atoms with Crippen molar-refractivity contribution in [3.8, 4) is 0 Å². The molecule has 1 aromatic rings. The monoisotopic (exact) mass is 389 g/mol. The second kappa shape index (κ2) is 9.52. The number of benzene rings is 1. The van der Waals surface area contributed by atoms with Gasteiger partial charge < -0.3 is 11.1 Å². The predicted octanol–water partition coefficient (Wildman–Crippen LogP) is 1.85. The number of nitrogens with zero attached hydrogens (tertiary/aromatic N) is 1. The van der Waals surface area contributed by atoms with E-state index in [2.05, 4.69) is 19.2 Å². The number of nitrogens with one attached hydrogen (secondary N) is 1. The van der Waals surface area contributed by atoms with Crippen molar-refractivity contribution in [2.75, 3.05) is 26.2 Å². The van der Waals surface area contributed by atoms with Gasteiger partial charge in [-0.3, -0.25) is 4.79 Å². The minimum atomic E-state index is -3.51. The van der Waals surface area contributed by atoms with Crippen molar-refractivity contribution < 1.29 is 13.2 Å². The van der Waals surface area contributed by atoms with Crippen LogP contribution < -0.4 is 11.1 Å². The van der Waals surface area contributed by atoms with Gasteiger partial charge in [0.1, 0.15) is 0 Å². The van der Waals surface area contributed by atoms with Gasteiger partial charge in [0.05, 0.1) is 4.90 Å². The largest absolute Gasteiger partial charge is 0.352 e. The Morgan fingerprint density at radius 3 is 2.28 bits per heavy atom. The number of hydrogen-bond acceptors (Lipinski definition) is 4. The molecule has 25 heavy (non-hydrogen) atoms. The van der Waals surface area contributed by atoms with Crippen molar-refractivity contribution >= 4 is 28.3 Å². The van der Waals surface area contributed by atoms with Crippen LogP contribution in [-0.4, -0.2) is 44.8 Å². The molecule has 3 N–H and O–H groups in total. The molecule has 142 valence electrons. The number of carbonyl (C=O) groups is 1. The van der Waals surface area contributed by atoms with Crippen molar-refractivity contribution in [2.24, 2.45) is 17.6 Å². The molecule has 1 saturated heterocycles. The quantitative estimate of drug-likeness (QED) is 0.726. The fourth-order valence-electron chi connectivity index (χ4n) is 3.14. The number of amides is 1. The Morgan fingerprint density at radius 1 is 1.20 bits per heavy atom. The van der Waals surface area contributed by atoms with E-state index in [1.54, 1.807) is 16.4 Å². The maximum Gasteiger partial charge on any atom is 0.251 e. The molecule has 2 atom stereocenters. The van der Waals surface area contributed by atoms with Crippen LogP contribution in [0.3, 0.4) is 0 Å². The van der Waals surface area contributed by atoms with E-state index in [1.807, 2.05) is 0 Å². The number of hydrogen-bond donors (Lipinski definition) is 2. The number of halogens is 1. The summed E-state index contributed by atoms with van der Waals surface area (Å²) in [5, 5.41) is 2.75. The molecule has 1 amide bonds. The van der Waals surface area contributed by atoms with E-state index in [-0.39, 0.29) is 23.2 Å². The Kier molecular flexibility index (Phi) is 8.34. The zero-order valence-electron chi connectivity index (χ0n) is 14.8. The highest BCUT2D eigenvalue weighted by Crippen LogP contribution is 2.26. The van der Waals surface area contributed by atoms with E-state index in [1.165, 1.54) is 12.1 Å². The van der Waals surface area contributed by atoms with Crippen LogP contribution in [0.2, 0.25) is 0 Å². The summed E-state index contributed by atoms with van der Waals surface area (Å²) in [7, 11) is -3.51. The molecule has 6 nitrogen and oxygen atoms in total. The fourth-order valence-corrected chi connectivity index (χ4v) is 4.82. The van der Waals surface area contributed by atoms with Gasteiger partial charge in [-0.05, 0) is 55.5 Å². The lowest BCUT2D eigenvalue weighted by Gasteiger charge is -2.34. The molecule has 0 aliphatic carbocycles. The van der Waals surface area contributed by atoms with E-state index in [4.69, 9.17) is 5.73 Å². The maximum atomic E-state index is 12.8. The minimum Gasteiger partial charge on any atom is -0.352 e. The van der Waals surface area contributed by atoms with Crippen LogP contribution in [0.1, 0.15) is 37.0 Å². The number of sulfonamides is 1. The van der Waals surface area contributed by atoms with E-state index < -0.39 is 10.0 Å². The lowest BCUT2D eigenvalue weighted by Crippen LogP contribution is -2.42. The van der Waals surface area contributed by atoms with Gasteiger partial charge in [0.25, 0.3) is 5.91 Å². The highest BCUT2D eigenvalue weighted by atomic mass is 35.5. The second-order valence-corrected chi connectivity index (χ2v) is 8.63. The van der Waals surface area contributed by atoms with Gasteiger partial charge in [0.2, 0.25) is 10.0 Å². The Hall–Kier alpha value is -1.15. The molecule has 1 fully saturated rings. The molecular formula is C17H28ClN3O3S. The molecule has 0 radical (unpaired) electrons. The van der Waals surface area contributed by atoms with Gasteiger partial charge in [-0.25, -0.2) is 8.42 Å². The van der Waals surface area contributed by atoms with Gasteiger partial charge >= 0.3 is 0 Å². The minimum absolute atomic E-state index is 0. The molecule has 8 heteroatoms. The molecule has 2 rings (SSSR count). The summed E-state index contributed by atoms with van der Waals surface area (Å²) >= 11 is 0. The van der Waals surface area contributed by atoms with E-state index >= 15 is 0 Å². The van der Waals surface area contributed by atoms with Gasteiger partial charge in [0, 0.05) is 25.2 Å². The molecule has 2 unspecified atom stereocenters. The molecule has 0 saturated carbocycles. The molecule has 0 aromatic heterocycles. The molecular weight excluding hydrogens is 362 g/mol. The van der Waals surface area contributed by atoms with Crippen LogP contribution in [0.15, 0.2) is 29.2 Å². The molecule has 1 aliphatic rings. The predicted molar refractivity (Wildman–Crippen MR) is 101 cm³/mol. The van der Waals surface area contributed by atoms with Crippen LogP contribution >= 0.6 is 12.4 Å². The number of nitrogens with two attached hydrogens (primary N) is 1. The van der Waals surface area contributed by atoms with E-state index in [9.17, 15) is 13.2 Å². The van der Waals surface area contributed by atoms with Crippen LogP contribution in [0.5, 0.6) is 0 Å². The number of rotatable bonds is 6. The average Bonchev–Trinajstić information content (AvgIpc) is 2.54. The third-order valence-electron chi connectivity index (χ3n) is 4.26. The lowest BCUT2D eigenvalue weighted by atomic mass is 9.94. The molecule has 1 aromatic carbocycles. The van der Waals surface area contributed by atoms with Crippen LogP contribution in [-0.2, 0) is 10.0 Å². The van der Waals surface area contributed by atoms with E-state index in [0.29, 0.717) is 50.0 Å². The summed E-state index contributed by atoms with van der Waals surface area (Å²) in [5.74, 6) is 0.500. The SMILES string of the molecule is CC1CC(C)CN(S(=O)(=O)c2ccc(C(=O)NCCCN)cc2)C1.Cl. The molecule has 1 aliphatic heterocycles. The van der Waals surface area contributed by atoms with Gasteiger partial charge in [-0.15, -0.1) is 12.4 Å². The average molecular weight is 390 g/mol. The standard InChI is InChI=1S/C17H27N3O3S.ClH/c1-13-10-14(2)12-20(11-13)24(22,23)16-6-4-15(5-7-16)17(21)19-9-3-8-18;/h4-7,13-14H,3,8-12,18H2,1-2H3,(H,19,21);1H. The second-order valence-electron chi connectivity index (χ2n) is 6.69. The Bertz CT molecular complexity index is 654. The Morgan fingerprint density at radius 2 is 1.76 bits per heavy atom. The number of piperidine rings is 1. The lowest BCUT2D eigenvalue weighted by molar-refractivity contribution is 0.0953. The highest BCUT2D eigenvalue weighted by molar-refractivity contribution is 7.89. The zero-order valence-corrected chi connectivity index (χ0v) is 16.4.